The van der Waals surface area contributed by atoms with Crippen molar-refractivity contribution in [2.45, 2.75) is 0 Å². The van der Waals surface area contributed by atoms with E-state index in [4.69, 9.17) is 28.3 Å². The first-order valence-electron chi connectivity index (χ1n) is 3.71. The lowest BCUT2D eigenvalue weighted by Crippen LogP contribution is -1.92. The van der Waals surface area contributed by atoms with E-state index in [0.717, 1.165) is 6.08 Å². The summed E-state index contributed by atoms with van der Waals surface area (Å²) >= 11 is 11.6. The van der Waals surface area contributed by atoms with Gasteiger partial charge in [0.1, 0.15) is 0 Å². The van der Waals surface area contributed by atoms with E-state index in [-0.39, 0.29) is 0 Å². The molecule has 1 aromatic carbocycles. The van der Waals surface area contributed by atoms with Gasteiger partial charge in [-0.25, -0.2) is 4.79 Å². The van der Waals surface area contributed by atoms with Crippen molar-refractivity contribution in [3.8, 4) is 0 Å². The molecule has 0 radical (unpaired) electrons. The second-order valence-corrected chi connectivity index (χ2v) is 3.20. The van der Waals surface area contributed by atoms with Crippen LogP contribution in [0, 0.1) is 0 Å². The maximum Gasteiger partial charge on any atom is 0.329 e. The Morgan fingerprint density at radius 1 is 1.43 bits per heavy atom. The molecular formula is C9H7Cl2NO2. The highest BCUT2D eigenvalue weighted by molar-refractivity contribution is 6.43. The molecule has 0 heterocycles. The molecule has 0 aliphatic heterocycles. The average molecular weight is 232 g/mol. The maximum atomic E-state index is 10.2. The predicted molar refractivity (Wildman–Crippen MR) is 56.9 cm³/mol. The lowest BCUT2D eigenvalue weighted by molar-refractivity contribution is -0.131. The molecule has 0 spiro atoms. The topological polar surface area (TPSA) is 49.3 Å². The van der Waals surface area contributed by atoms with E-state index >= 15 is 0 Å². The number of aliphatic carboxylic acids is 1. The van der Waals surface area contributed by atoms with Crippen molar-refractivity contribution in [2.24, 2.45) is 0 Å². The number of halogens is 2. The van der Waals surface area contributed by atoms with Gasteiger partial charge in [-0.3, -0.25) is 0 Å². The Balaban J connectivity index is 2.77. The number of carbonyl (C=O) groups is 1. The SMILES string of the molecule is O=C(O)/C=C/Nc1cccc(Cl)c1Cl. The zero-order valence-corrected chi connectivity index (χ0v) is 8.51. The van der Waals surface area contributed by atoms with Crippen molar-refractivity contribution in [3.05, 3.63) is 40.5 Å². The summed E-state index contributed by atoms with van der Waals surface area (Å²) in [5, 5.41) is 11.8. The van der Waals surface area contributed by atoms with Crippen LogP contribution in [0.4, 0.5) is 5.69 Å². The zero-order valence-electron chi connectivity index (χ0n) is 7.00. The van der Waals surface area contributed by atoms with Gasteiger partial charge in [0.2, 0.25) is 0 Å². The number of anilines is 1. The molecule has 0 saturated heterocycles. The predicted octanol–water partition coefficient (Wildman–Crippen LogP) is 3.00. The number of benzene rings is 1. The van der Waals surface area contributed by atoms with Crippen molar-refractivity contribution in [3.63, 3.8) is 0 Å². The van der Waals surface area contributed by atoms with Gasteiger partial charge >= 0.3 is 5.97 Å². The van der Waals surface area contributed by atoms with Crippen LogP contribution in [0.2, 0.25) is 10.0 Å². The minimum absolute atomic E-state index is 0.365. The van der Waals surface area contributed by atoms with Gasteiger partial charge in [0.25, 0.3) is 0 Å². The number of nitrogens with one attached hydrogen (secondary N) is 1. The minimum Gasteiger partial charge on any atom is -0.478 e. The molecule has 3 nitrogen and oxygen atoms in total. The second-order valence-electron chi connectivity index (χ2n) is 2.42. The standard InChI is InChI=1S/C9H7Cl2NO2/c10-6-2-1-3-7(9(6)11)12-5-4-8(13)14/h1-5,12H,(H,13,14)/b5-4+. The van der Waals surface area contributed by atoms with Crippen LogP contribution in [-0.2, 0) is 4.79 Å². The van der Waals surface area contributed by atoms with E-state index in [0.29, 0.717) is 15.7 Å². The maximum absolute atomic E-state index is 10.2. The molecule has 0 atom stereocenters. The number of rotatable bonds is 3. The third-order valence-electron chi connectivity index (χ3n) is 1.42. The summed E-state index contributed by atoms with van der Waals surface area (Å²) in [6, 6.07) is 5.06. The van der Waals surface area contributed by atoms with Crippen LogP contribution in [-0.4, -0.2) is 11.1 Å². The average Bonchev–Trinajstić information content (AvgIpc) is 2.12. The van der Waals surface area contributed by atoms with Gasteiger partial charge in [0.05, 0.1) is 15.7 Å². The number of hydrogen-bond acceptors (Lipinski definition) is 2. The highest BCUT2D eigenvalue weighted by Gasteiger charge is 2.01. The normalized spacial score (nSPS) is 10.4. The molecule has 1 aromatic rings. The Labute approximate surface area is 90.9 Å². The molecule has 0 saturated carbocycles. The number of carboxylic acid groups (broad SMARTS) is 1. The van der Waals surface area contributed by atoms with E-state index < -0.39 is 5.97 Å². The van der Waals surface area contributed by atoms with Gasteiger partial charge in [-0.05, 0) is 12.1 Å². The van der Waals surface area contributed by atoms with Crippen LogP contribution in [0.3, 0.4) is 0 Å². The largest absolute Gasteiger partial charge is 0.478 e. The van der Waals surface area contributed by atoms with E-state index in [9.17, 15) is 4.79 Å². The second kappa shape index (κ2) is 4.88. The fourth-order valence-corrected chi connectivity index (χ4v) is 1.17. The van der Waals surface area contributed by atoms with E-state index in [2.05, 4.69) is 5.32 Å². The Bertz CT molecular complexity index is 377. The Hall–Kier alpha value is -1.19. The molecule has 0 aliphatic rings. The van der Waals surface area contributed by atoms with Crippen LogP contribution in [0.15, 0.2) is 30.5 Å². The molecule has 0 aromatic heterocycles. The third-order valence-corrected chi connectivity index (χ3v) is 2.24. The summed E-state index contributed by atoms with van der Waals surface area (Å²) in [4.78, 5) is 10.2. The van der Waals surface area contributed by atoms with Crippen molar-refractivity contribution in [1.82, 2.24) is 0 Å². The van der Waals surface area contributed by atoms with Crippen LogP contribution < -0.4 is 5.32 Å². The Kier molecular flexibility index (Phi) is 3.80. The summed E-state index contributed by atoms with van der Waals surface area (Å²) < 4.78 is 0. The van der Waals surface area contributed by atoms with Gasteiger partial charge in [-0.1, -0.05) is 29.3 Å². The van der Waals surface area contributed by atoms with Gasteiger partial charge in [-0.2, -0.15) is 0 Å². The fourth-order valence-electron chi connectivity index (χ4n) is 0.818. The van der Waals surface area contributed by atoms with Crippen LogP contribution in [0.25, 0.3) is 0 Å². The van der Waals surface area contributed by atoms with E-state index in [1.54, 1.807) is 18.2 Å². The lowest BCUT2D eigenvalue weighted by Gasteiger charge is -2.03. The van der Waals surface area contributed by atoms with E-state index in [1.807, 2.05) is 0 Å². The summed E-state index contributed by atoms with van der Waals surface area (Å²) in [7, 11) is 0. The molecule has 0 unspecified atom stereocenters. The molecule has 2 N–H and O–H groups in total. The van der Waals surface area contributed by atoms with Gasteiger partial charge < -0.3 is 10.4 Å². The van der Waals surface area contributed by atoms with Crippen molar-refractivity contribution in [1.29, 1.82) is 0 Å². The van der Waals surface area contributed by atoms with Gasteiger partial charge in [0, 0.05) is 12.3 Å². The first kappa shape index (κ1) is 10.9. The van der Waals surface area contributed by atoms with Crippen molar-refractivity contribution >= 4 is 34.9 Å². The molecule has 0 amide bonds. The molecule has 74 valence electrons. The summed E-state index contributed by atoms with van der Waals surface area (Å²) in [6.45, 7) is 0. The minimum atomic E-state index is -1.03. The number of hydrogen-bond donors (Lipinski definition) is 2. The fraction of sp³-hybridized carbons (Fsp3) is 0. The molecule has 14 heavy (non-hydrogen) atoms. The van der Waals surface area contributed by atoms with Crippen molar-refractivity contribution < 1.29 is 9.90 Å². The monoisotopic (exact) mass is 231 g/mol. The number of carboxylic acids is 1. The Morgan fingerprint density at radius 3 is 2.79 bits per heavy atom. The molecular weight excluding hydrogens is 225 g/mol. The van der Waals surface area contributed by atoms with Crippen LogP contribution in [0.5, 0.6) is 0 Å². The van der Waals surface area contributed by atoms with Gasteiger partial charge in [-0.15, -0.1) is 0 Å². The highest BCUT2D eigenvalue weighted by Crippen LogP contribution is 2.29. The molecule has 0 fully saturated rings. The Morgan fingerprint density at radius 2 is 2.14 bits per heavy atom. The third kappa shape index (κ3) is 2.94. The summed E-state index contributed by atoms with van der Waals surface area (Å²) in [6.07, 6.45) is 2.25. The lowest BCUT2D eigenvalue weighted by atomic mass is 10.3. The smallest absolute Gasteiger partial charge is 0.329 e. The zero-order chi connectivity index (χ0) is 10.6. The van der Waals surface area contributed by atoms with Crippen molar-refractivity contribution in [2.75, 3.05) is 5.32 Å². The molecule has 0 bridgehead atoms. The molecule has 5 heteroatoms. The van der Waals surface area contributed by atoms with E-state index in [1.165, 1.54) is 6.20 Å². The van der Waals surface area contributed by atoms with Crippen LogP contribution in [0.1, 0.15) is 0 Å². The first-order valence-corrected chi connectivity index (χ1v) is 4.47. The molecule has 0 aliphatic carbocycles. The highest BCUT2D eigenvalue weighted by atomic mass is 35.5. The van der Waals surface area contributed by atoms with Gasteiger partial charge in [0.15, 0.2) is 0 Å². The quantitative estimate of drug-likeness (QED) is 0.787. The van der Waals surface area contributed by atoms with Crippen LogP contribution >= 0.6 is 23.2 Å². The summed E-state index contributed by atoms with van der Waals surface area (Å²) in [5.41, 5.74) is 0.566. The molecule has 1 rings (SSSR count). The summed E-state index contributed by atoms with van der Waals surface area (Å²) in [5.74, 6) is -1.03. The first-order chi connectivity index (χ1) is 6.61.